The smallest absolute Gasteiger partial charge is 0.136 e. The number of hydrogen-bond acceptors (Lipinski definition) is 6. The van der Waals surface area contributed by atoms with E-state index in [-0.39, 0.29) is 0 Å². The summed E-state index contributed by atoms with van der Waals surface area (Å²) < 4.78 is 5.00. The fraction of sp³-hybridized carbons (Fsp3) is 0.417. The maximum Gasteiger partial charge on any atom is 0.136 e. The van der Waals surface area contributed by atoms with Gasteiger partial charge in [-0.25, -0.2) is 9.97 Å². The summed E-state index contributed by atoms with van der Waals surface area (Å²) in [5.41, 5.74) is 6.62. The van der Waals surface area contributed by atoms with E-state index in [1.54, 1.807) is 6.07 Å². The molecule has 6 nitrogen and oxygen atoms in total. The molecule has 2 aromatic rings. The SMILES string of the molecule is Cc1cc(CNc2cc(N)nc(C3CC3)n2)no1. The molecule has 1 aliphatic carbocycles. The van der Waals surface area contributed by atoms with Gasteiger partial charge in [-0.05, 0) is 19.8 Å². The average molecular weight is 245 g/mol. The molecule has 2 heterocycles. The van der Waals surface area contributed by atoms with Crippen LogP contribution in [0.5, 0.6) is 0 Å². The molecule has 6 heteroatoms. The Balaban J connectivity index is 1.71. The van der Waals surface area contributed by atoms with Crippen LogP contribution >= 0.6 is 0 Å². The van der Waals surface area contributed by atoms with Gasteiger partial charge in [-0.15, -0.1) is 0 Å². The quantitative estimate of drug-likeness (QED) is 0.854. The lowest BCUT2D eigenvalue weighted by Gasteiger charge is -2.06. The lowest BCUT2D eigenvalue weighted by atomic mass is 10.3. The molecule has 94 valence electrons. The van der Waals surface area contributed by atoms with Crippen molar-refractivity contribution in [3.05, 3.63) is 29.4 Å². The third-order valence-electron chi connectivity index (χ3n) is 2.83. The van der Waals surface area contributed by atoms with E-state index in [0.717, 1.165) is 35.9 Å². The standard InChI is InChI=1S/C12H15N5O/c1-7-4-9(17-18-7)6-14-11-5-10(13)15-12(16-11)8-2-3-8/h4-5,8H,2-3,6H2,1H3,(H3,13,14,15,16). The Kier molecular flexibility index (Phi) is 2.62. The number of aryl methyl sites for hydroxylation is 1. The number of rotatable bonds is 4. The minimum atomic E-state index is 0.489. The van der Waals surface area contributed by atoms with E-state index in [9.17, 15) is 0 Å². The molecule has 3 rings (SSSR count). The van der Waals surface area contributed by atoms with E-state index in [1.165, 1.54) is 0 Å². The van der Waals surface area contributed by atoms with Gasteiger partial charge in [-0.3, -0.25) is 0 Å². The third kappa shape index (κ3) is 2.42. The maximum atomic E-state index is 5.77. The summed E-state index contributed by atoms with van der Waals surface area (Å²) in [5, 5.41) is 7.10. The fourth-order valence-electron chi connectivity index (χ4n) is 1.78. The van der Waals surface area contributed by atoms with Gasteiger partial charge in [0.05, 0.1) is 6.54 Å². The highest BCUT2D eigenvalue weighted by atomic mass is 16.5. The predicted octanol–water partition coefficient (Wildman–Crippen LogP) is 1.84. The van der Waals surface area contributed by atoms with Crippen LogP contribution in [0, 0.1) is 6.92 Å². The summed E-state index contributed by atoms with van der Waals surface area (Å²) in [6, 6.07) is 3.62. The number of nitrogens with zero attached hydrogens (tertiary/aromatic N) is 3. The van der Waals surface area contributed by atoms with Crippen molar-refractivity contribution < 1.29 is 4.52 Å². The first-order valence-electron chi connectivity index (χ1n) is 6.01. The molecule has 1 aliphatic rings. The zero-order valence-electron chi connectivity index (χ0n) is 10.2. The van der Waals surface area contributed by atoms with Crippen LogP contribution in [0.1, 0.15) is 36.0 Å². The molecule has 0 amide bonds. The van der Waals surface area contributed by atoms with Crippen LogP contribution in [0.15, 0.2) is 16.7 Å². The van der Waals surface area contributed by atoms with Gasteiger partial charge in [0.1, 0.15) is 28.9 Å². The van der Waals surface area contributed by atoms with E-state index in [4.69, 9.17) is 10.3 Å². The number of anilines is 2. The Morgan fingerprint density at radius 2 is 2.22 bits per heavy atom. The molecule has 1 fully saturated rings. The molecule has 0 aliphatic heterocycles. The maximum absolute atomic E-state index is 5.77. The van der Waals surface area contributed by atoms with Crippen molar-refractivity contribution in [2.24, 2.45) is 0 Å². The van der Waals surface area contributed by atoms with Crippen LogP contribution in [0.2, 0.25) is 0 Å². The number of nitrogens with two attached hydrogens (primary N) is 1. The highest BCUT2D eigenvalue weighted by Crippen LogP contribution is 2.38. The van der Waals surface area contributed by atoms with Crippen molar-refractivity contribution in [2.45, 2.75) is 32.2 Å². The molecular formula is C12H15N5O. The minimum absolute atomic E-state index is 0.489. The molecule has 1 saturated carbocycles. The Morgan fingerprint density at radius 1 is 1.39 bits per heavy atom. The lowest BCUT2D eigenvalue weighted by Crippen LogP contribution is -2.06. The third-order valence-corrected chi connectivity index (χ3v) is 2.83. The van der Waals surface area contributed by atoms with Gasteiger partial charge in [0.25, 0.3) is 0 Å². The summed E-state index contributed by atoms with van der Waals surface area (Å²) in [5.74, 6) is 3.38. The Labute approximate surface area is 105 Å². The van der Waals surface area contributed by atoms with Crippen molar-refractivity contribution in [2.75, 3.05) is 11.1 Å². The van der Waals surface area contributed by atoms with Crippen LogP contribution in [0.25, 0.3) is 0 Å². The van der Waals surface area contributed by atoms with E-state index < -0.39 is 0 Å². The van der Waals surface area contributed by atoms with Crippen LogP contribution in [-0.2, 0) is 6.54 Å². The summed E-state index contributed by atoms with van der Waals surface area (Å²) in [6.07, 6.45) is 2.32. The van der Waals surface area contributed by atoms with Crippen molar-refractivity contribution in [1.82, 2.24) is 15.1 Å². The summed E-state index contributed by atoms with van der Waals surface area (Å²) >= 11 is 0. The monoisotopic (exact) mass is 245 g/mol. The minimum Gasteiger partial charge on any atom is -0.384 e. The van der Waals surface area contributed by atoms with E-state index >= 15 is 0 Å². The van der Waals surface area contributed by atoms with Gasteiger partial charge < -0.3 is 15.6 Å². The number of aromatic nitrogens is 3. The molecular weight excluding hydrogens is 230 g/mol. The van der Waals surface area contributed by atoms with Gasteiger partial charge in [-0.2, -0.15) is 0 Å². The second kappa shape index (κ2) is 4.29. The van der Waals surface area contributed by atoms with Crippen molar-refractivity contribution in [1.29, 1.82) is 0 Å². The van der Waals surface area contributed by atoms with Gasteiger partial charge in [0.15, 0.2) is 0 Å². The van der Waals surface area contributed by atoms with Gasteiger partial charge in [0.2, 0.25) is 0 Å². The van der Waals surface area contributed by atoms with E-state index in [2.05, 4.69) is 20.4 Å². The predicted molar refractivity (Wildman–Crippen MR) is 67.0 cm³/mol. The first-order chi connectivity index (χ1) is 8.70. The summed E-state index contributed by atoms with van der Waals surface area (Å²) in [4.78, 5) is 8.70. The van der Waals surface area contributed by atoms with E-state index in [1.807, 2.05) is 13.0 Å². The highest BCUT2D eigenvalue weighted by Gasteiger charge is 2.27. The number of hydrogen-bond donors (Lipinski definition) is 2. The highest BCUT2D eigenvalue weighted by molar-refractivity contribution is 5.45. The normalized spacial score (nSPS) is 14.7. The largest absolute Gasteiger partial charge is 0.384 e. The van der Waals surface area contributed by atoms with Crippen molar-refractivity contribution in [3.8, 4) is 0 Å². The van der Waals surface area contributed by atoms with Crippen molar-refractivity contribution >= 4 is 11.6 Å². The molecule has 0 radical (unpaired) electrons. The van der Waals surface area contributed by atoms with Crippen LogP contribution in [0.4, 0.5) is 11.6 Å². The summed E-state index contributed by atoms with van der Waals surface area (Å²) in [6.45, 7) is 2.43. The van der Waals surface area contributed by atoms with Gasteiger partial charge >= 0.3 is 0 Å². The Morgan fingerprint density at radius 3 is 2.89 bits per heavy atom. The summed E-state index contributed by atoms with van der Waals surface area (Å²) in [7, 11) is 0. The second-order valence-electron chi connectivity index (χ2n) is 4.59. The molecule has 0 spiro atoms. The fourth-order valence-corrected chi connectivity index (χ4v) is 1.78. The lowest BCUT2D eigenvalue weighted by molar-refractivity contribution is 0.391. The number of nitrogen functional groups attached to an aromatic ring is 1. The first-order valence-corrected chi connectivity index (χ1v) is 6.01. The zero-order chi connectivity index (χ0) is 12.5. The molecule has 2 aromatic heterocycles. The number of nitrogens with one attached hydrogen (secondary N) is 1. The van der Waals surface area contributed by atoms with Crippen LogP contribution in [0.3, 0.4) is 0 Å². The second-order valence-corrected chi connectivity index (χ2v) is 4.59. The average Bonchev–Trinajstić information content (AvgIpc) is 3.10. The topological polar surface area (TPSA) is 89.9 Å². The molecule has 18 heavy (non-hydrogen) atoms. The van der Waals surface area contributed by atoms with Gasteiger partial charge in [-0.1, -0.05) is 5.16 Å². The molecule has 0 bridgehead atoms. The molecule has 0 aromatic carbocycles. The van der Waals surface area contributed by atoms with Crippen LogP contribution in [-0.4, -0.2) is 15.1 Å². The first kappa shape index (κ1) is 11.0. The zero-order valence-corrected chi connectivity index (χ0v) is 10.2. The molecule has 0 atom stereocenters. The molecule has 0 unspecified atom stereocenters. The molecule has 0 saturated heterocycles. The Hall–Kier alpha value is -2.11. The Bertz CT molecular complexity index is 561. The molecule has 3 N–H and O–H groups in total. The van der Waals surface area contributed by atoms with Crippen molar-refractivity contribution in [3.63, 3.8) is 0 Å². The van der Waals surface area contributed by atoms with Crippen LogP contribution < -0.4 is 11.1 Å². The van der Waals surface area contributed by atoms with E-state index in [0.29, 0.717) is 18.3 Å². The van der Waals surface area contributed by atoms with Gasteiger partial charge in [0, 0.05) is 18.1 Å².